The van der Waals surface area contributed by atoms with Gasteiger partial charge in [0, 0.05) is 32.2 Å². The molecule has 1 spiro atoms. The summed E-state index contributed by atoms with van der Waals surface area (Å²) in [6.45, 7) is 4.96. The van der Waals surface area contributed by atoms with Crippen LogP contribution in [0.15, 0.2) is 18.3 Å². The van der Waals surface area contributed by atoms with Crippen molar-refractivity contribution in [2.24, 2.45) is 5.92 Å². The smallest absolute Gasteiger partial charge is 0.475 e. The Labute approximate surface area is 166 Å². The van der Waals surface area contributed by atoms with Crippen molar-refractivity contribution >= 4 is 11.9 Å². The van der Waals surface area contributed by atoms with Gasteiger partial charge in [-0.1, -0.05) is 0 Å². The average molecular weight is 418 g/mol. The number of aliphatic carboxylic acids is 1. The van der Waals surface area contributed by atoms with Crippen molar-refractivity contribution in [2.75, 3.05) is 33.4 Å². The minimum Gasteiger partial charge on any atom is -0.475 e. The van der Waals surface area contributed by atoms with Gasteiger partial charge in [0.1, 0.15) is 0 Å². The van der Waals surface area contributed by atoms with Gasteiger partial charge >= 0.3 is 12.1 Å². The van der Waals surface area contributed by atoms with Crippen molar-refractivity contribution < 1.29 is 37.3 Å². The molecule has 2 saturated heterocycles. The maximum atomic E-state index is 12.6. The highest BCUT2D eigenvalue weighted by atomic mass is 19.4. The van der Waals surface area contributed by atoms with Crippen molar-refractivity contribution in [1.29, 1.82) is 0 Å². The lowest BCUT2D eigenvalue weighted by atomic mass is 9.92. The number of carboxylic acid groups (broad SMARTS) is 1. The zero-order valence-corrected chi connectivity index (χ0v) is 16.4. The van der Waals surface area contributed by atoms with Gasteiger partial charge in [0.25, 0.3) is 5.91 Å². The van der Waals surface area contributed by atoms with Gasteiger partial charge in [-0.05, 0) is 44.2 Å². The molecule has 1 aromatic rings. The molecular formula is C19H25F3N2O5. The molecular weight excluding hydrogens is 393 g/mol. The SMILES string of the molecule is COCCC1COC2(CCN(C(=O)c3ccc(C)nc3)C2)C1.O=C(O)C(F)(F)F. The van der Waals surface area contributed by atoms with Gasteiger partial charge in [-0.15, -0.1) is 0 Å². The normalized spacial score (nSPS) is 23.8. The number of carbonyl (C=O) groups is 2. The second-order valence-electron chi connectivity index (χ2n) is 7.31. The van der Waals surface area contributed by atoms with Crippen LogP contribution in [0.5, 0.6) is 0 Å². The van der Waals surface area contributed by atoms with E-state index >= 15 is 0 Å². The number of alkyl halides is 3. The van der Waals surface area contributed by atoms with Crippen LogP contribution in [0.3, 0.4) is 0 Å². The first-order chi connectivity index (χ1) is 13.6. The number of ether oxygens (including phenoxy) is 2. The molecule has 2 aliphatic heterocycles. The van der Waals surface area contributed by atoms with E-state index in [9.17, 15) is 18.0 Å². The number of methoxy groups -OCH3 is 1. The second-order valence-corrected chi connectivity index (χ2v) is 7.31. The van der Waals surface area contributed by atoms with E-state index in [1.54, 1.807) is 13.3 Å². The second kappa shape index (κ2) is 9.53. The lowest BCUT2D eigenvalue weighted by molar-refractivity contribution is -0.192. The van der Waals surface area contributed by atoms with Crippen molar-refractivity contribution in [2.45, 2.75) is 38.0 Å². The minimum absolute atomic E-state index is 0.0633. The van der Waals surface area contributed by atoms with E-state index in [2.05, 4.69) is 4.98 Å². The Hall–Kier alpha value is -2.20. The Morgan fingerprint density at radius 2 is 2.10 bits per heavy atom. The van der Waals surface area contributed by atoms with Crippen LogP contribution in [-0.2, 0) is 14.3 Å². The third-order valence-corrected chi connectivity index (χ3v) is 5.02. The molecule has 0 bridgehead atoms. The van der Waals surface area contributed by atoms with Gasteiger partial charge in [-0.3, -0.25) is 9.78 Å². The fourth-order valence-electron chi connectivity index (χ4n) is 3.49. The molecule has 162 valence electrons. The molecule has 2 fully saturated rings. The maximum absolute atomic E-state index is 12.6. The zero-order valence-electron chi connectivity index (χ0n) is 16.4. The lowest BCUT2D eigenvalue weighted by Gasteiger charge is -2.23. The number of aromatic nitrogens is 1. The highest BCUT2D eigenvalue weighted by Crippen LogP contribution is 2.39. The van der Waals surface area contributed by atoms with Gasteiger partial charge in [-0.2, -0.15) is 13.2 Å². The molecule has 1 amide bonds. The number of pyridine rings is 1. The fourth-order valence-corrected chi connectivity index (χ4v) is 3.49. The third-order valence-electron chi connectivity index (χ3n) is 5.02. The van der Waals surface area contributed by atoms with E-state index < -0.39 is 12.1 Å². The summed E-state index contributed by atoms with van der Waals surface area (Å²) >= 11 is 0. The summed E-state index contributed by atoms with van der Waals surface area (Å²) in [6, 6.07) is 3.73. The number of carboxylic acids is 1. The third kappa shape index (κ3) is 6.40. The Bertz CT molecular complexity index is 711. The van der Waals surface area contributed by atoms with Crippen LogP contribution in [0.4, 0.5) is 13.2 Å². The average Bonchev–Trinajstić information content (AvgIpc) is 3.26. The van der Waals surface area contributed by atoms with Crippen molar-refractivity contribution in [3.63, 3.8) is 0 Å². The van der Waals surface area contributed by atoms with Crippen molar-refractivity contribution in [1.82, 2.24) is 9.88 Å². The van der Waals surface area contributed by atoms with Gasteiger partial charge in [-0.25, -0.2) is 4.79 Å². The van der Waals surface area contributed by atoms with Crippen LogP contribution in [0.2, 0.25) is 0 Å². The van der Waals surface area contributed by atoms with Crippen molar-refractivity contribution in [3.8, 4) is 0 Å². The van der Waals surface area contributed by atoms with E-state index in [0.717, 1.165) is 44.7 Å². The lowest BCUT2D eigenvalue weighted by Crippen LogP contribution is -2.35. The predicted molar refractivity (Wildman–Crippen MR) is 96.5 cm³/mol. The highest BCUT2D eigenvalue weighted by Gasteiger charge is 2.46. The molecule has 1 aromatic heterocycles. The van der Waals surface area contributed by atoms with E-state index in [1.807, 2.05) is 24.0 Å². The summed E-state index contributed by atoms with van der Waals surface area (Å²) in [7, 11) is 1.73. The number of nitrogens with zero attached hydrogens (tertiary/aromatic N) is 2. The number of rotatable bonds is 4. The summed E-state index contributed by atoms with van der Waals surface area (Å²) in [5.74, 6) is -2.14. The molecule has 2 atom stereocenters. The number of aryl methyl sites for hydroxylation is 1. The van der Waals surface area contributed by atoms with Gasteiger partial charge < -0.3 is 19.5 Å². The summed E-state index contributed by atoms with van der Waals surface area (Å²) in [6.07, 6.45) is -0.415. The Morgan fingerprint density at radius 3 is 2.66 bits per heavy atom. The first-order valence-electron chi connectivity index (χ1n) is 9.21. The van der Waals surface area contributed by atoms with E-state index in [-0.39, 0.29) is 11.5 Å². The molecule has 0 aromatic carbocycles. The quantitative estimate of drug-likeness (QED) is 0.809. The molecule has 3 rings (SSSR count). The van der Waals surface area contributed by atoms with Crippen LogP contribution in [0.1, 0.15) is 35.3 Å². The van der Waals surface area contributed by atoms with Crippen LogP contribution < -0.4 is 0 Å². The summed E-state index contributed by atoms with van der Waals surface area (Å²) < 4.78 is 43.0. The first kappa shape index (κ1) is 23.1. The Kier molecular flexibility index (Phi) is 7.59. The van der Waals surface area contributed by atoms with Crippen LogP contribution >= 0.6 is 0 Å². The van der Waals surface area contributed by atoms with E-state index in [1.165, 1.54) is 0 Å². The van der Waals surface area contributed by atoms with E-state index in [0.29, 0.717) is 18.0 Å². The van der Waals surface area contributed by atoms with Gasteiger partial charge in [0.05, 0.1) is 24.3 Å². The topological polar surface area (TPSA) is 89.0 Å². The molecule has 10 heteroatoms. The standard InChI is InChI=1S/C17H24N2O3.C2HF3O2/c1-13-3-4-15(10-18-13)16(20)19-7-6-17(12-19)9-14(11-22-17)5-8-21-2;3-2(4,5)1(6)7/h3-4,10,14H,5-9,11-12H2,1-2H3;(H,6,7). The number of hydrogen-bond donors (Lipinski definition) is 1. The number of halogens is 3. The van der Waals surface area contributed by atoms with Crippen molar-refractivity contribution in [3.05, 3.63) is 29.6 Å². The molecule has 29 heavy (non-hydrogen) atoms. The molecule has 3 heterocycles. The minimum atomic E-state index is -5.08. The molecule has 7 nitrogen and oxygen atoms in total. The summed E-state index contributed by atoms with van der Waals surface area (Å²) in [4.78, 5) is 27.6. The van der Waals surface area contributed by atoms with Crippen LogP contribution in [-0.4, -0.2) is 72.1 Å². The summed E-state index contributed by atoms with van der Waals surface area (Å²) in [5.41, 5.74) is 1.46. The molecule has 0 radical (unpaired) electrons. The fraction of sp³-hybridized carbons (Fsp3) is 0.632. The number of amides is 1. The molecule has 1 N–H and O–H groups in total. The number of likely N-dealkylation sites (tertiary alicyclic amines) is 1. The predicted octanol–water partition coefficient (Wildman–Crippen LogP) is 2.68. The first-order valence-corrected chi connectivity index (χ1v) is 9.21. The Balaban J connectivity index is 0.000000370. The monoisotopic (exact) mass is 418 g/mol. The molecule has 0 aliphatic carbocycles. The van der Waals surface area contributed by atoms with E-state index in [4.69, 9.17) is 19.4 Å². The van der Waals surface area contributed by atoms with Gasteiger partial charge in [0.2, 0.25) is 0 Å². The van der Waals surface area contributed by atoms with Crippen LogP contribution in [0.25, 0.3) is 0 Å². The zero-order chi connectivity index (χ0) is 21.7. The largest absolute Gasteiger partial charge is 0.490 e. The molecule has 2 unspecified atom stereocenters. The summed E-state index contributed by atoms with van der Waals surface area (Å²) in [5, 5.41) is 7.12. The molecule has 2 aliphatic rings. The van der Waals surface area contributed by atoms with Crippen LogP contribution in [0, 0.1) is 12.8 Å². The number of hydrogen-bond acceptors (Lipinski definition) is 5. The number of carbonyl (C=O) groups excluding carboxylic acids is 1. The Morgan fingerprint density at radius 1 is 1.41 bits per heavy atom. The van der Waals surface area contributed by atoms with Gasteiger partial charge in [0.15, 0.2) is 0 Å². The highest BCUT2D eigenvalue weighted by molar-refractivity contribution is 5.94. The maximum Gasteiger partial charge on any atom is 0.490 e. The molecule has 0 saturated carbocycles.